The van der Waals surface area contributed by atoms with Crippen LogP contribution >= 0.6 is 0 Å². The van der Waals surface area contributed by atoms with E-state index < -0.39 is 9.84 Å². The van der Waals surface area contributed by atoms with Crippen molar-refractivity contribution in [1.82, 2.24) is 4.90 Å². The highest BCUT2D eigenvalue weighted by molar-refractivity contribution is 7.92. The fourth-order valence-electron chi connectivity index (χ4n) is 2.32. The Balaban J connectivity index is 2.48. The average molecular weight is 276 g/mol. The maximum atomic E-state index is 12.0. The van der Waals surface area contributed by atoms with Gasteiger partial charge in [-0.1, -0.05) is 19.8 Å². The Morgan fingerprint density at radius 1 is 1.39 bits per heavy atom. The molecule has 1 saturated heterocycles. The molecule has 1 amide bonds. The molecule has 0 aliphatic carbocycles. The van der Waals surface area contributed by atoms with Gasteiger partial charge in [0.15, 0.2) is 9.84 Å². The van der Waals surface area contributed by atoms with E-state index in [0.29, 0.717) is 19.5 Å². The van der Waals surface area contributed by atoms with Crippen LogP contribution in [0.1, 0.15) is 39.0 Å². The Morgan fingerprint density at radius 3 is 2.72 bits per heavy atom. The van der Waals surface area contributed by atoms with E-state index in [0.717, 1.165) is 25.7 Å². The van der Waals surface area contributed by atoms with Crippen LogP contribution in [0.4, 0.5) is 0 Å². The maximum Gasteiger partial charge on any atom is 0.238 e. The van der Waals surface area contributed by atoms with E-state index in [-0.39, 0.29) is 23.5 Å². The summed E-state index contributed by atoms with van der Waals surface area (Å²) in [5.74, 6) is -0.513. The van der Waals surface area contributed by atoms with Crippen molar-refractivity contribution in [3.8, 4) is 0 Å². The molecule has 1 aliphatic heterocycles. The van der Waals surface area contributed by atoms with Crippen LogP contribution in [0.3, 0.4) is 0 Å². The van der Waals surface area contributed by atoms with Crippen molar-refractivity contribution in [2.75, 3.05) is 24.6 Å². The Hall–Kier alpha value is -0.620. The van der Waals surface area contributed by atoms with Crippen LogP contribution in [-0.4, -0.2) is 49.9 Å². The van der Waals surface area contributed by atoms with Gasteiger partial charge in [-0.25, -0.2) is 8.42 Å². The summed E-state index contributed by atoms with van der Waals surface area (Å²) in [6, 6.07) is 0.0309. The van der Waals surface area contributed by atoms with Gasteiger partial charge < -0.3 is 10.6 Å². The highest BCUT2D eigenvalue weighted by atomic mass is 32.2. The summed E-state index contributed by atoms with van der Waals surface area (Å²) in [5, 5.41) is 0. The number of nitrogens with two attached hydrogens (primary N) is 1. The van der Waals surface area contributed by atoms with Gasteiger partial charge in [-0.15, -0.1) is 0 Å². The summed E-state index contributed by atoms with van der Waals surface area (Å²) in [6.45, 7) is 3.08. The second kappa shape index (κ2) is 7.09. The number of carbonyl (C=O) groups excluding carboxylic acids is 1. The minimum Gasteiger partial charge on any atom is -0.338 e. The number of likely N-dealkylation sites (tertiary alicyclic amines) is 1. The Kier molecular flexibility index (Phi) is 6.08. The fourth-order valence-corrected chi connectivity index (χ4v) is 3.65. The minimum absolute atomic E-state index is 0.0309. The first kappa shape index (κ1) is 15.4. The summed E-state index contributed by atoms with van der Waals surface area (Å²) in [7, 11) is -3.25. The van der Waals surface area contributed by atoms with Crippen LogP contribution in [0, 0.1) is 0 Å². The zero-order chi connectivity index (χ0) is 13.6. The number of hydrogen-bond donors (Lipinski definition) is 1. The van der Waals surface area contributed by atoms with Crippen LogP contribution in [0.2, 0.25) is 0 Å². The van der Waals surface area contributed by atoms with Gasteiger partial charge in [-0.2, -0.15) is 0 Å². The Bertz CT molecular complexity index is 368. The summed E-state index contributed by atoms with van der Waals surface area (Å²) in [6.07, 6.45) is 4.32. The number of sulfone groups is 1. The summed E-state index contributed by atoms with van der Waals surface area (Å²) >= 11 is 0. The van der Waals surface area contributed by atoms with Crippen molar-refractivity contribution in [2.24, 2.45) is 5.73 Å². The molecule has 6 heteroatoms. The van der Waals surface area contributed by atoms with Crippen LogP contribution < -0.4 is 5.73 Å². The number of carbonyl (C=O) groups is 1. The van der Waals surface area contributed by atoms with Gasteiger partial charge in [0.1, 0.15) is 5.75 Å². The van der Waals surface area contributed by atoms with Crippen molar-refractivity contribution in [1.29, 1.82) is 0 Å². The van der Waals surface area contributed by atoms with Gasteiger partial charge in [-0.05, 0) is 19.3 Å². The van der Waals surface area contributed by atoms with E-state index in [9.17, 15) is 13.2 Å². The molecule has 2 N–H and O–H groups in total. The summed E-state index contributed by atoms with van der Waals surface area (Å²) < 4.78 is 23.6. The van der Waals surface area contributed by atoms with Gasteiger partial charge in [0.25, 0.3) is 0 Å². The molecule has 106 valence electrons. The van der Waals surface area contributed by atoms with Crippen molar-refractivity contribution in [3.63, 3.8) is 0 Å². The Labute approximate surface area is 110 Å². The van der Waals surface area contributed by atoms with Crippen LogP contribution in [0.5, 0.6) is 0 Å². The normalized spacial score (nSPS) is 20.3. The third-order valence-electron chi connectivity index (χ3n) is 3.37. The van der Waals surface area contributed by atoms with E-state index in [4.69, 9.17) is 5.73 Å². The lowest BCUT2D eigenvalue weighted by Gasteiger charge is -2.23. The number of unbranched alkanes of at least 4 members (excludes halogenated alkanes) is 2. The van der Waals surface area contributed by atoms with E-state index in [2.05, 4.69) is 0 Å². The zero-order valence-electron chi connectivity index (χ0n) is 11.1. The molecule has 1 heterocycles. The lowest BCUT2D eigenvalue weighted by atomic mass is 10.2. The SMILES string of the molecule is CCCCCS(=O)(=O)CC(=O)N1CCCC1CN. The lowest BCUT2D eigenvalue weighted by molar-refractivity contribution is -0.129. The van der Waals surface area contributed by atoms with Crippen molar-refractivity contribution in [2.45, 2.75) is 45.1 Å². The predicted molar refractivity (Wildman–Crippen MR) is 72.0 cm³/mol. The third-order valence-corrected chi connectivity index (χ3v) is 4.97. The standard InChI is InChI=1S/C12H24N2O3S/c1-2-3-4-8-18(16,17)10-12(15)14-7-5-6-11(14)9-13/h11H,2-10,13H2,1H3. The molecule has 1 unspecified atom stereocenters. The van der Waals surface area contributed by atoms with Gasteiger partial charge in [-0.3, -0.25) is 4.79 Å². The smallest absolute Gasteiger partial charge is 0.238 e. The monoisotopic (exact) mass is 276 g/mol. The molecule has 18 heavy (non-hydrogen) atoms. The molecule has 1 fully saturated rings. The quantitative estimate of drug-likeness (QED) is 0.688. The summed E-state index contributed by atoms with van der Waals surface area (Å²) in [4.78, 5) is 13.6. The maximum absolute atomic E-state index is 12.0. The molecular formula is C12H24N2O3S. The number of amides is 1. The minimum atomic E-state index is -3.25. The first-order chi connectivity index (χ1) is 8.50. The first-order valence-electron chi connectivity index (χ1n) is 6.70. The molecule has 0 aromatic rings. The molecule has 5 nitrogen and oxygen atoms in total. The topological polar surface area (TPSA) is 80.5 Å². The van der Waals surface area contributed by atoms with Gasteiger partial charge >= 0.3 is 0 Å². The molecular weight excluding hydrogens is 252 g/mol. The molecule has 0 aromatic heterocycles. The molecule has 1 atom stereocenters. The Morgan fingerprint density at radius 2 is 2.11 bits per heavy atom. The first-order valence-corrected chi connectivity index (χ1v) is 8.52. The highest BCUT2D eigenvalue weighted by Gasteiger charge is 2.30. The molecule has 1 rings (SSSR count). The number of rotatable bonds is 7. The second-order valence-electron chi connectivity index (χ2n) is 4.92. The lowest BCUT2D eigenvalue weighted by Crippen LogP contribution is -2.42. The van der Waals surface area contributed by atoms with E-state index in [1.54, 1.807) is 4.90 Å². The number of nitrogens with zero attached hydrogens (tertiary/aromatic N) is 1. The van der Waals surface area contributed by atoms with E-state index in [1.807, 2.05) is 6.92 Å². The molecule has 0 radical (unpaired) electrons. The largest absolute Gasteiger partial charge is 0.338 e. The average Bonchev–Trinajstić information content (AvgIpc) is 2.76. The van der Waals surface area contributed by atoms with Gasteiger partial charge in [0, 0.05) is 19.1 Å². The molecule has 0 spiro atoms. The zero-order valence-corrected chi connectivity index (χ0v) is 11.9. The van der Waals surface area contributed by atoms with Gasteiger partial charge in [0.2, 0.25) is 5.91 Å². The van der Waals surface area contributed by atoms with Crippen molar-refractivity contribution in [3.05, 3.63) is 0 Å². The van der Waals surface area contributed by atoms with Crippen molar-refractivity contribution >= 4 is 15.7 Å². The second-order valence-corrected chi connectivity index (χ2v) is 7.10. The summed E-state index contributed by atoms with van der Waals surface area (Å²) in [5.41, 5.74) is 5.58. The van der Waals surface area contributed by atoms with E-state index >= 15 is 0 Å². The number of hydrogen-bond acceptors (Lipinski definition) is 4. The van der Waals surface area contributed by atoms with E-state index in [1.165, 1.54) is 0 Å². The van der Waals surface area contributed by atoms with Gasteiger partial charge in [0.05, 0.1) is 5.75 Å². The molecule has 0 saturated carbocycles. The van der Waals surface area contributed by atoms with Crippen molar-refractivity contribution < 1.29 is 13.2 Å². The third kappa shape index (κ3) is 4.57. The van der Waals surface area contributed by atoms with Crippen LogP contribution in [0.25, 0.3) is 0 Å². The highest BCUT2D eigenvalue weighted by Crippen LogP contribution is 2.16. The fraction of sp³-hybridized carbons (Fsp3) is 0.917. The molecule has 0 aromatic carbocycles. The van der Waals surface area contributed by atoms with Crippen LogP contribution in [-0.2, 0) is 14.6 Å². The molecule has 1 aliphatic rings. The predicted octanol–water partition coefficient (Wildman–Crippen LogP) is 0.541. The molecule has 0 bridgehead atoms. The van der Waals surface area contributed by atoms with Crippen LogP contribution in [0.15, 0.2) is 0 Å².